The van der Waals surface area contributed by atoms with Crippen molar-refractivity contribution in [3.63, 3.8) is 0 Å². The fourth-order valence-electron chi connectivity index (χ4n) is 2.24. The van der Waals surface area contributed by atoms with Gasteiger partial charge < -0.3 is 15.0 Å². The second-order valence-corrected chi connectivity index (χ2v) is 5.16. The van der Waals surface area contributed by atoms with Crippen LogP contribution in [0.3, 0.4) is 0 Å². The minimum absolute atomic E-state index is 0.147. The fourth-order valence-corrected chi connectivity index (χ4v) is 2.24. The molecule has 1 saturated heterocycles. The van der Waals surface area contributed by atoms with Crippen molar-refractivity contribution in [3.05, 3.63) is 0 Å². The van der Waals surface area contributed by atoms with Gasteiger partial charge in [-0.2, -0.15) is 13.2 Å². The van der Waals surface area contributed by atoms with Crippen molar-refractivity contribution in [2.24, 2.45) is 10.9 Å². The Morgan fingerprint density at radius 2 is 2.15 bits per heavy atom. The summed E-state index contributed by atoms with van der Waals surface area (Å²) in [5.74, 6) is 1.23. The minimum Gasteiger partial charge on any atom is -0.381 e. The average molecular weight is 295 g/mol. The third-order valence-corrected chi connectivity index (χ3v) is 3.30. The molecule has 20 heavy (non-hydrogen) atoms. The minimum atomic E-state index is -4.05. The lowest BCUT2D eigenvalue weighted by molar-refractivity contribution is -0.135. The van der Waals surface area contributed by atoms with Gasteiger partial charge in [0.2, 0.25) is 0 Å². The second-order valence-electron chi connectivity index (χ2n) is 5.16. The Bertz CT molecular complexity index is 302. The summed E-state index contributed by atoms with van der Waals surface area (Å²) in [5, 5.41) is 3.10. The number of guanidine groups is 1. The summed E-state index contributed by atoms with van der Waals surface area (Å²) in [6.07, 6.45) is -3.09. The molecule has 1 aliphatic heterocycles. The first-order chi connectivity index (χ1) is 9.42. The number of ether oxygens (including phenoxy) is 1. The normalized spacial score (nSPS) is 20.2. The molecule has 4 nitrogen and oxygen atoms in total. The molecule has 1 unspecified atom stereocenters. The van der Waals surface area contributed by atoms with Gasteiger partial charge in [0.15, 0.2) is 5.96 Å². The molecular formula is C13H24F3N3O. The van der Waals surface area contributed by atoms with Gasteiger partial charge in [0, 0.05) is 46.1 Å². The summed E-state index contributed by atoms with van der Waals surface area (Å²) in [4.78, 5) is 6.15. The number of alkyl halides is 3. The highest BCUT2D eigenvalue weighted by Gasteiger charge is 2.25. The van der Waals surface area contributed by atoms with E-state index in [2.05, 4.69) is 10.3 Å². The van der Waals surface area contributed by atoms with Crippen LogP contribution in [-0.2, 0) is 4.74 Å². The van der Waals surface area contributed by atoms with Crippen molar-refractivity contribution in [1.29, 1.82) is 0 Å². The molecule has 1 aliphatic rings. The van der Waals surface area contributed by atoms with Gasteiger partial charge in [-0.05, 0) is 19.3 Å². The van der Waals surface area contributed by atoms with Crippen molar-refractivity contribution in [1.82, 2.24) is 10.2 Å². The molecule has 1 N–H and O–H groups in total. The largest absolute Gasteiger partial charge is 0.389 e. The topological polar surface area (TPSA) is 36.9 Å². The summed E-state index contributed by atoms with van der Waals surface area (Å²) in [7, 11) is 3.61. The van der Waals surface area contributed by atoms with Crippen molar-refractivity contribution in [2.75, 3.05) is 40.4 Å². The van der Waals surface area contributed by atoms with Crippen molar-refractivity contribution in [3.8, 4) is 0 Å². The van der Waals surface area contributed by atoms with E-state index in [0.717, 1.165) is 32.1 Å². The molecule has 1 heterocycles. The van der Waals surface area contributed by atoms with Crippen LogP contribution < -0.4 is 5.32 Å². The van der Waals surface area contributed by atoms with Crippen LogP contribution in [0.5, 0.6) is 0 Å². The Hall–Kier alpha value is -0.980. The monoisotopic (exact) mass is 295 g/mol. The number of unbranched alkanes of at least 4 members (excludes halogenated alkanes) is 1. The Morgan fingerprint density at radius 3 is 2.70 bits per heavy atom. The summed E-state index contributed by atoms with van der Waals surface area (Å²) in [5.41, 5.74) is 0. The lowest BCUT2D eigenvalue weighted by Crippen LogP contribution is -2.41. The molecule has 7 heteroatoms. The van der Waals surface area contributed by atoms with Crippen LogP contribution >= 0.6 is 0 Å². The molecule has 0 aromatic rings. The van der Waals surface area contributed by atoms with E-state index < -0.39 is 12.6 Å². The lowest BCUT2D eigenvalue weighted by Gasteiger charge is -2.24. The van der Waals surface area contributed by atoms with E-state index in [1.807, 2.05) is 11.9 Å². The Labute approximate surface area is 118 Å². The summed E-state index contributed by atoms with van der Waals surface area (Å²) in [6.45, 7) is 2.94. The number of rotatable bonds is 6. The number of nitrogens with zero attached hydrogens (tertiary/aromatic N) is 2. The van der Waals surface area contributed by atoms with Gasteiger partial charge in [-0.15, -0.1) is 0 Å². The Morgan fingerprint density at radius 1 is 1.40 bits per heavy atom. The Balaban J connectivity index is 2.18. The summed E-state index contributed by atoms with van der Waals surface area (Å²) < 4.78 is 41.3. The number of aliphatic imine (C=N–C) groups is 1. The molecule has 118 valence electrons. The van der Waals surface area contributed by atoms with Gasteiger partial charge in [-0.25, -0.2) is 0 Å². The predicted octanol–water partition coefficient (Wildman–Crippen LogP) is 2.26. The van der Waals surface area contributed by atoms with Crippen LogP contribution in [0.4, 0.5) is 13.2 Å². The number of nitrogens with one attached hydrogen (secondary N) is 1. The molecule has 1 rings (SSSR count). The molecule has 0 aromatic carbocycles. The van der Waals surface area contributed by atoms with E-state index >= 15 is 0 Å². The maximum Gasteiger partial charge on any atom is 0.389 e. The number of hydrogen-bond acceptors (Lipinski definition) is 2. The molecule has 0 bridgehead atoms. The van der Waals surface area contributed by atoms with E-state index in [-0.39, 0.29) is 6.42 Å². The van der Waals surface area contributed by atoms with Gasteiger partial charge in [0.05, 0.1) is 6.61 Å². The zero-order valence-electron chi connectivity index (χ0n) is 12.2. The zero-order valence-corrected chi connectivity index (χ0v) is 12.2. The molecular weight excluding hydrogens is 271 g/mol. The molecule has 0 amide bonds. The van der Waals surface area contributed by atoms with Crippen LogP contribution in [0, 0.1) is 5.92 Å². The highest BCUT2D eigenvalue weighted by atomic mass is 19.4. The maximum atomic E-state index is 12.0. The van der Waals surface area contributed by atoms with Gasteiger partial charge in [0.25, 0.3) is 0 Å². The van der Waals surface area contributed by atoms with E-state index in [0.29, 0.717) is 18.9 Å². The SMILES string of the molecule is CN=C(NCCCCC(F)(F)F)N(C)CC1CCOC1. The molecule has 0 spiro atoms. The van der Waals surface area contributed by atoms with Gasteiger partial charge in [-0.3, -0.25) is 4.99 Å². The predicted molar refractivity (Wildman–Crippen MR) is 72.8 cm³/mol. The van der Waals surface area contributed by atoms with E-state index in [9.17, 15) is 13.2 Å². The molecule has 0 radical (unpaired) electrons. The third-order valence-electron chi connectivity index (χ3n) is 3.30. The van der Waals surface area contributed by atoms with E-state index in [1.165, 1.54) is 0 Å². The lowest BCUT2D eigenvalue weighted by atomic mass is 10.1. The molecule has 1 fully saturated rings. The summed E-state index contributed by atoms with van der Waals surface area (Å²) >= 11 is 0. The van der Waals surface area contributed by atoms with Crippen LogP contribution in [-0.4, -0.2) is 57.4 Å². The molecule has 1 atom stereocenters. The smallest absolute Gasteiger partial charge is 0.381 e. The zero-order chi connectivity index (χ0) is 15.0. The van der Waals surface area contributed by atoms with Crippen molar-refractivity contribution < 1.29 is 17.9 Å². The molecule has 0 saturated carbocycles. The average Bonchev–Trinajstić information content (AvgIpc) is 2.85. The van der Waals surface area contributed by atoms with Crippen LogP contribution in [0.1, 0.15) is 25.7 Å². The summed E-state index contributed by atoms with van der Waals surface area (Å²) in [6, 6.07) is 0. The van der Waals surface area contributed by atoms with Crippen molar-refractivity contribution in [2.45, 2.75) is 31.9 Å². The first-order valence-corrected chi connectivity index (χ1v) is 6.98. The van der Waals surface area contributed by atoms with Gasteiger partial charge in [0.1, 0.15) is 0 Å². The highest BCUT2D eigenvalue weighted by molar-refractivity contribution is 5.79. The quantitative estimate of drug-likeness (QED) is 0.464. The fraction of sp³-hybridized carbons (Fsp3) is 0.923. The Kier molecular flexibility index (Phi) is 7.12. The first-order valence-electron chi connectivity index (χ1n) is 6.98. The van der Waals surface area contributed by atoms with Crippen LogP contribution in [0.25, 0.3) is 0 Å². The van der Waals surface area contributed by atoms with Crippen LogP contribution in [0.15, 0.2) is 4.99 Å². The van der Waals surface area contributed by atoms with Gasteiger partial charge in [-0.1, -0.05) is 0 Å². The van der Waals surface area contributed by atoms with Crippen molar-refractivity contribution >= 4 is 5.96 Å². The van der Waals surface area contributed by atoms with Crippen LogP contribution in [0.2, 0.25) is 0 Å². The third kappa shape index (κ3) is 6.98. The standard InChI is InChI=1S/C13H24F3N3O/c1-17-12(18-7-4-3-6-13(14,15)16)19(2)9-11-5-8-20-10-11/h11H,3-10H2,1-2H3,(H,17,18). The number of hydrogen-bond donors (Lipinski definition) is 1. The molecule has 0 aromatic heterocycles. The maximum absolute atomic E-state index is 12.0. The van der Waals surface area contributed by atoms with E-state index in [1.54, 1.807) is 7.05 Å². The number of halogens is 3. The molecule has 0 aliphatic carbocycles. The first kappa shape index (κ1) is 17.1. The second kappa shape index (κ2) is 8.34. The van der Waals surface area contributed by atoms with Gasteiger partial charge >= 0.3 is 6.18 Å². The van der Waals surface area contributed by atoms with E-state index in [4.69, 9.17) is 4.74 Å². The highest BCUT2D eigenvalue weighted by Crippen LogP contribution is 2.21.